The topological polar surface area (TPSA) is 15.3 Å². The first-order chi connectivity index (χ1) is 4.79. The van der Waals surface area contributed by atoms with E-state index in [0.717, 1.165) is 19.6 Å². The van der Waals surface area contributed by atoms with E-state index < -0.39 is 0 Å². The molecule has 0 spiro atoms. The minimum Gasteiger partial charge on any atom is -0.314 e. The average molecular weight is 140 g/mol. The Morgan fingerprint density at radius 3 is 2.60 bits per heavy atom. The van der Waals surface area contributed by atoms with Crippen molar-refractivity contribution in [2.75, 3.05) is 32.7 Å². The Kier molecular flexibility index (Phi) is 2.90. The van der Waals surface area contributed by atoms with Gasteiger partial charge in [-0.2, -0.15) is 0 Å². The quantitative estimate of drug-likeness (QED) is 0.561. The number of rotatable bonds is 2. The fourth-order valence-corrected chi connectivity index (χ4v) is 1.25. The lowest BCUT2D eigenvalue weighted by Crippen LogP contribution is -2.43. The highest BCUT2D eigenvalue weighted by Crippen LogP contribution is 1.96. The molecule has 0 radical (unpaired) electrons. The van der Waals surface area contributed by atoms with Gasteiger partial charge in [-0.3, -0.25) is 4.90 Å². The molecule has 0 aromatic heterocycles. The molecule has 0 amide bonds. The Morgan fingerprint density at radius 2 is 2.10 bits per heavy atom. The first-order valence-corrected chi connectivity index (χ1v) is 3.86. The highest BCUT2D eigenvalue weighted by Gasteiger charge is 2.07. The zero-order valence-electron chi connectivity index (χ0n) is 6.69. The van der Waals surface area contributed by atoms with Crippen LogP contribution in [0.15, 0.2) is 12.2 Å². The summed E-state index contributed by atoms with van der Waals surface area (Å²) >= 11 is 0. The number of hydrogen-bond acceptors (Lipinski definition) is 2. The fraction of sp³-hybridized carbons (Fsp3) is 0.750. The molecule has 1 aliphatic heterocycles. The zero-order chi connectivity index (χ0) is 7.40. The molecule has 1 rings (SSSR count). The molecular formula is C8H16N2. The smallest absolute Gasteiger partial charge is 0.0188 e. The van der Waals surface area contributed by atoms with Gasteiger partial charge in [0.2, 0.25) is 0 Å². The van der Waals surface area contributed by atoms with Crippen molar-refractivity contribution < 1.29 is 0 Å². The molecule has 1 fully saturated rings. The normalized spacial score (nSPS) is 20.9. The predicted octanol–water partition coefficient (Wildman–Crippen LogP) is 0.468. The van der Waals surface area contributed by atoms with Crippen molar-refractivity contribution in [2.24, 2.45) is 0 Å². The SMILES string of the molecule is C=C(C)CN1CCNCC1. The summed E-state index contributed by atoms with van der Waals surface area (Å²) in [5.74, 6) is 0. The summed E-state index contributed by atoms with van der Waals surface area (Å²) in [5.41, 5.74) is 1.27. The standard InChI is InChI=1S/C8H16N2/c1-8(2)7-10-5-3-9-4-6-10/h9H,1,3-7H2,2H3. The molecule has 0 bridgehead atoms. The van der Waals surface area contributed by atoms with E-state index in [1.807, 2.05) is 0 Å². The minimum absolute atomic E-state index is 1.07. The van der Waals surface area contributed by atoms with E-state index in [-0.39, 0.29) is 0 Å². The largest absolute Gasteiger partial charge is 0.314 e. The van der Waals surface area contributed by atoms with E-state index in [4.69, 9.17) is 0 Å². The molecule has 1 saturated heterocycles. The van der Waals surface area contributed by atoms with Crippen LogP contribution >= 0.6 is 0 Å². The van der Waals surface area contributed by atoms with Crippen molar-refractivity contribution in [3.8, 4) is 0 Å². The van der Waals surface area contributed by atoms with Crippen molar-refractivity contribution in [1.82, 2.24) is 10.2 Å². The van der Waals surface area contributed by atoms with Crippen molar-refractivity contribution in [3.63, 3.8) is 0 Å². The second kappa shape index (κ2) is 3.74. The van der Waals surface area contributed by atoms with Gasteiger partial charge in [-0.25, -0.2) is 0 Å². The molecule has 0 aromatic carbocycles. The Morgan fingerprint density at radius 1 is 1.50 bits per heavy atom. The summed E-state index contributed by atoms with van der Waals surface area (Å²) in [7, 11) is 0. The summed E-state index contributed by atoms with van der Waals surface area (Å²) in [5, 5.41) is 3.32. The van der Waals surface area contributed by atoms with Gasteiger partial charge in [0, 0.05) is 32.7 Å². The van der Waals surface area contributed by atoms with E-state index in [0.29, 0.717) is 0 Å². The second-order valence-corrected chi connectivity index (χ2v) is 2.98. The monoisotopic (exact) mass is 140 g/mol. The lowest BCUT2D eigenvalue weighted by Gasteiger charge is -2.26. The van der Waals surface area contributed by atoms with Crippen LogP contribution < -0.4 is 5.32 Å². The Balaban J connectivity index is 2.19. The number of piperazine rings is 1. The Bertz CT molecular complexity index is 114. The van der Waals surface area contributed by atoms with Crippen LogP contribution in [0.5, 0.6) is 0 Å². The average Bonchev–Trinajstić information content (AvgIpc) is 1.88. The molecule has 2 heteroatoms. The van der Waals surface area contributed by atoms with Crippen LogP contribution in [0.2, 0.25) is 0 Å². The van der Waals surface area contributed by atoms with Gasteiger partial charge in [-0.1, -0.05) is 12.2 Å². The van der Waals surface area contributed by atoms with E-state index in [1.54, 1.807) is 0 Å². The van der Waals surface area contributed by atoms with Crippen LogP contribution in [0.3, 0.4) is 0 Å². The molecule has 0 saturated carbocycles. The summed E-state index contributed by atoms with van der Waals surface area (Å²) in [6, 6.07) is 0. The van der Waals surface area contributed by atoms with Crippen molar-refractivity contribution in [1.29, 1.82) is 0 Å². The molecule has 2 nitrogen and oxygen atoms in total. The summed E-state index contributed by atoms with van der Waals surface area (Å²) < 4.78 is 0. The maximum atomic E-state index is 3.89. The molecular weight excluding hydrogens is 124 g/mol. The number of hydrogen-bond donors (Lipinski definition) is 1. The lowest BCUT2D eigenvalue weighted by atomic mass is 10.3. The molecule has 1 aliphatic rings. The lowest BCUT2D eigenvalue weighted by molar-refractivity contribution is 0.260. The maximum Gasteiger partial charge on any atom is 0.0188 e. The van der Waals surface area contributed by atoms with Crippen molar-refractivity contribution in [3.05, 3.63) is 12.2 Å². The maximum absolute atomic E-state index is 3.89. The van der Waals surface area contributed by atoms with Crippen LogP contribution in [0.25, 0.3) is 0 Å². The highest BCUT2D eigenvalue weighted by atomic mass is 15.2. The second-order valence-electron chi connectivity index (χ2n) is 2.98. The van der Waals surface area contributed by atoms with Crippen LogP contribution in [-0.2, 0) is 0 Å². The van der Waals surface area contributed by atoms with Gasteiger partial charge in [-0.15, -0.1) is 0 Å². The molecule has 1 N–H and O–H groups in total. The Labute approximate surface area is 62.9 Å². The van der Waals surface area contributed by atoms with Crippen molar-refractivity contribution in [2.45, 2.75) is 6.92 Å². The third-order valence-electron chi connectivity index (χ3n) is 1.70. The van der Waals surface area contributed by atoms with Gasteiger partial charge in [0.25, 0.3) is 0 Å². The molecule has 0 unspecified atom stereocenters. The van der Waals surface area contributed by atoms with Gasteiger partial charge >= 0.3 is 0 Å². The zero-order valence-corrected chi connectivity index (χ0v) is 6.69. The van der Waals surface area contributed by atoms with Crippen LogP contribution in [0.4, 0.5) is 0 Å². The molecule has 10 heavy (non-hydrogen) atoms. The predicted molar refractivity (Wildman–Crippen MR) is 44.1 cm³/mol. The number of nitrogens with one attached hydrogen (secondary N) is 1. The van der Waals surface area contributed by atoms with E-state index in [2.05, 4.69) is 23.7 Å². The van der Waals surface area contributed by atoms with Gasteiger partial charge in [0.1, 0.15) is 0 Å². The van der Waals surface area contributed by atoms with Crippen molar-refractivity contribution >= 4 is 0 Å². The van der Waals surface area contributed by atoms with E-state index in [1.165, 1.54) is 18.7 Å². The molecule has 58 valence electrons. The van der Waals surface area contributed by atoms with Gasteiger partial charge in [0.15, 0.2) is 0 Å². The molecule has 0 aliphatic carbocycles. The summed E-state index contributed by atoms with van der Waals surface area (Å²) in [6.07, 6.45) is 0. The van der Waals surface area contributed by atoms with Crippen LogP contribution in [-0.4, -0.2) is 37.6 Å². The first kappa shape index (κ1) is 7.76. The third-order valence-corrected chi connectivity index (χ3v) is 1.70. The molecule has 0 aromatic rings. The molecule has 1 heterocycles. The minimum atomic E-state index is 1.07. The molecule has 0 atom stereocenters. The first-order valence-electron chi connectivity index (χ1n) is 3.86. The van der Waals surface area contributed by atoms with E-state index in [9.17, 15) is 0 Å². The van der Waals surface area contributed by atoms with E-state index >= 15 is 0 Å². The fourth-order valence-electron chi connectivity index (χ4n) is 1.25. The van der Waals surface area contributed by atoms with Crippen LogP contribution in [0.1, 0.15) is 6.92 Å². The highest BCUT2D eigenvalue weighted by molar-refractivity contribution is 4.92. The van der Waals surface area contributed by atoms with Gasteiger partial charge in [-0.05, 0) is 6.92 Å². The summed E-state index contributed by atoms with van der Waals surface area (Å²) in [6.45, 7) is 11.7. The van der Waals surface area contributed by atoms with Crippen LogP contribution in [0, 0.1) is 0 Å². The third kappa shape index (κ3) is 2.50. The Hall–Kier alpha value is -0.340. The van der Waals surface area contributed by atoms with Gasteiger partial charge in [0.05, 0.1) is 0 Å². The number of nitrogens with zero attached hydrogens (tertiary/aromatic N) is 1. The van der Waals surface area contributed by atoms with Gasteiger partial charge < -0.3 is 5.32 Å². The summed E-state index contributed by atoms with van der Waals surface area (Å²) in [4.78, 5) is 2.43.